The molecule has 2 aromatic rings. The van der Waals surface area contributed by atoms with Crippen LogP contribution in [0, 0.1) is 6.92 Å². The molecule has 0 radical (unpaired) electrons. The summed E-state index contributed by atoms with van der Waals surface area (Å²) in [6, 6.07) is 5.64. The van der Waals surface area contributed by atoms with Gasteiger partial charge < -0.3 is 4.42 Å². The summed E-state index contributed by atoms with van der Waals surface area (Å²) in [6.45, 7) is 1.96. The fourth-order valence-corrected chi connectivity index (χ4v) is 1.11. The number of rotatable bonds is 1. The lowest BCUT2D eigenvalue weighted by atomic mass is 10.2. The Hall–Kier alpha value is -2.00. The molecule has 5 heteroatoms. The Kier molecular flexibility index (Phi) is 1.65. The van der Waals surface area contributed by atoms with E-state index in [9.17, 15) is 0 Å². The first kappa shape index (κ1) is 7.64. The predicted molar refractivity (Wildman–Crippen MR) is 47.6 cm³/mol. The summed E-state index contributed by atoms with van der Waals surface area (Å²) in [4.78, 5) is 6.57. The SMILES string of the molecule is Cc1ccc2oc(N=[N+]=[N-])nc2c1. The number of azide groups is 1. The van der Waals surface area contributed by atoms with Gasteiger partial charge in [0.25, 0.3) is 6.01 Å². The molecule has 1 heterocycles. The zero-order valence-electron chi connectivity index (χ0n) is 6.93. The molecular weight excluding hydrogens is 168 g/mol. The first-order valence-electron chi connectivity index (χ1n) is 3.72. The predicted octanol–water partition coefficient (Wildman–Crippen LogP) is 3.08. The molecule has 0 amide bonds. The van der Waals surface area contributed by atoms with Crippen molar-refractivity contribution in [1.82, 2.24) is 4.98 Å². The van der Waals surface area contributed by atoms with Gasteiger partial charge in [-0.15, -0.1) is 0 Å². The van der Waals surface area contributed by atoms with Crippen molar-refractivity contribution in [3.8, 4) is 0 Å². The maximum atomic E-state index is 8.16. The fourth-order valence-electron chi connectivity index (χ4n) is 1.11. The normalized spacial score (nSPS) is 9.92. The van der Waals surface area contributed by atoms with E-state index in [1.165, 1.54) is 0 Å². The molecule has 0 atom stereocenters. The van der Waals surface area contributed by atoms with Crippen LogP contribution in [0.2, 0.25) is 0 Å². The third kappa shape index (κ3) is 1.32. The minimum atomic E-state index is 0.0584. The van der Waals surface area contributed by atoms with Gasteiger partial charge in [0.15, 0.2) is 5.58 Å². The number of benzene rings is 1. The Morgan fingerprint density at radius 3 is 3.15 bits per heavy atom. The van der Waals surface area contributed by atoms with Crippen LogP contribution in [0.5, 0.6) is 0 Å². The second-order valence-corrected chi connectivity index (χ2v) is 2.66. The highest BCUT2D eigenvalue weighted by molar-refractivity contribution is 5.74. The Balaban J connectivity index is 2.68. The minimum absolute atomic E-state index is 0.0584. The van der Waals surface area contributed by atoms with Crippen LogP contribution in [0.15, 0.2) is 27.7 Å². The zero-order valence-corrected chi connectivity index (χ0v) is 6.93. The standard InChI is InChI=1S/C8H6N4O/c1-5-2-3-7-6(4-5)10-8(13-7)11-12-9/h2-4H,1H3. The molecule has 0 aliphatic heterocycles. The average molecular weight is 174 g/mol. The van der Waals surface area contributed by atoms with E-state index in [1.54, 1.807) is 6.07 Å². The zero-order chi connectivity index (χ0) is 9.26. The highest BCUT2D eigenvalue weighted by atomic mass is 16.4. The molecule has 13 heavy (non-hydrogen) atoms. The number of aromatic nitrogens is 1. The van der Waals surface area contributed by atoms with Gasteiger partial charge in [-0.2, -0.15) is 0 Å². The van der Waals surface area contributed by atoms with E-state index >= 15 is 0 Å². The van der Waals surface area contributed by atoms with Gasteiger partial charge in [0.05, 0.1) is 0 Å². The number of hydrogen-bond acceptors (Lipinski definition) is 3. The summed E-state index contributed by atoms with van der Waals surface area (Å²) < 4.78 is 5.13. The van der Waals surface area contributed by atoms with Crippen molar-refractivity contribution in [1.29, 1.82) is 0 Å². The summed E-state index contributed by atoms with van der Waals surface area (Å²) in [5.41, 5.74) is 10.6. The molecule has 64 valence electrons. The van der Waals surface area contributed by atoms with Crippen LogP contribution < -0.4 is 0 Å². The highest BCUT2D eigenvalue weighted by Crippen LogP contribution is 2.21. The van der Waals surface area contributed by atoms with Gasteiger partial charge >= 0.3 is 0 Å². The third-order valence-corrected chi connectivity index (χ3v) is 1.66. The summed E-state index contributed by atoms with van der Waals surface area (Å²) in [6.07, 6.45) is 0. The van der Waals surface area contributed by atoms with Crippen molar-refractivity contribution in [3.63, 3.8) is 0 Å². The molecule has 0 bridgehead atoms. The van der Waals surface area contributed by atoms with E-state index in [-0.39, 0.29) is 6.01 Å². The fraction of sp³-hybridized carbons (Fsp3) is 0.125. The summed E-state index contributed by atoms with van der Waals surface area (Å²) in [5.74, 6) is 0. The van der Waals surface area contributed by atoms with Gasteiger partial charge in [-0.05, 0) is 35.3 Å². The Bertz CT molecular complexity index is 496. The van der Waals surface area contributed by atoms with Crippen molar-refractivity contribution in [2.24, 2.45) is 5.11 Å². The maximum Gasteiger partial charge on any atom is 0.284 e. The van der Waals surface area contributed by atoms with Crippen LogP contribution in [0.4, 0.5) is 6.01 Å². The number of fused-ring (bicyclic) bond motifs is 1. The van der Waals surface area contributed by atoms with Gasteiger partial charge in [0, 0.05) is 4.91 Å². The van der Waals surface area contributed by atoms with Gasteiger partial charge in [0.1, 0.15) is 5.52 Å². The molecule has 1 aromatic heterocycles. The molecule has 0 N–H and O–H groups in total. The molecular formula is C8H6N4O. The van der Waals surface area contributed by atoms with Gasteiger partial charge in [-0.25, -0.2) is 4.98 Å². The minimum Gasteiger partial charge on any atom is -0.435 e. The lowest BCUT2D eigenvalue weighted by Gasteiger charge is -1.87. The van der Waals surface area contributed by atoms with Gasteiger partial charge in [-0.3, -0.25) is 0 Å². The number of nitrogens with zero attached hydrogens (tertiary/aromatic N) is 4. The van der Waals surface area contributed by atoms with Gasteiger partial charge in [-0.1, -0.05) is 6.07 Å². The topological polar surface area (TPSA) is 74.8 Å². The van der Waals surface area contributed by atoms with Crippen LogP contribution in [0.1, 0.15) is 5.56 Å². The molecule has 0 unspecified atom stereocenters. The second-order valence-electron chi connectivity index (χ2n) is 2.66. The largest absolute Gasteiger partial charge is 0.435 e. The Morgan fingerprint density at radius 2 is 2.38 bits per heavy atom. The van der Waals surface area contributed by atoms with Crippen molar-refractivity contribution in [2.75, 3.05) is 0 Å². The summed E-state index contributed by atoms with van der Waals surface area (Å²) in [7, 11) is 0. The first-order valence-corrected chi connectivity index (χ1v) is 3.72. The second kappa shape index (κ2) is 2.80. The number of hydrogen-bond donors (Lipinski definition) is 0. The third-order valence-electron chi connectivity index (χ3n) is 1.66. The van der Waals surface area contributed by atoms with Crippen LogP contribution in [0.3, 0.4) is 0 Å². The summed E-state index contributed by atoms with van der Waals surface area (Å²) in [5, 5.41) is 3.28. The van der Waals surface area contributed by atoms with E-state index in [4.69, 9.17) is 9.95 Å². The molecule has 0 aliphatic rings. The van der Waals surface area contributed by atoms with E-state index < -0.39 is 0 Å². The summed E-state index contributed by atoms with van der Waals surface area (Å²) >= 11 is 0. The number of oxazole rings is 1. The van der Waals surface area contributed by atoms with Crippen molar-refractivity contribution >= 4 is 17.1 Å². The van der Waals surface area contributed by atoms with Crippen LogP contribution in [0.25, 0.3) is 21.5 Å². The Labute approximate surface area is 73.6 Å². The smallest absolute Gasteiger partial charge is 0.284 e. The highest BCUT2D eigenvalue weighted by Gasteiger charge is 2.02. The van der Waals surface area contributed by atoms with Crippen LogP contribution >= 0.6 is 0 Å². The molecule has 0 saturated heterocycles. The maximum absolute atomic E-state index is 8.16. The van der Waals surface area contributed by atoms with E-state index in [2.05, 4.69) is 15.0 Å². The number of aryl methyl sites for hydroxylation is 1. The molecule has 1 aromatic carbocycles. The van der Waals surface area contributed by atoms with E-state index in [1.807, 2.05) is 19.1 Å². The lowest BCUT2D eigenvalue weighted by Crippen LogP contribution is -1.70. The van der Waals surface area contributed by atoms with Crippen LogP contribution in [-0.4, -0.2) is 4.98 Å². The molecule has 0 fully saturated rings. The van der Waals surface area contributed by atoms with Gasteiger partial charge in [0.2, 0.25) is 0 Å². The van der Waals surface area contributed by atoms with Crippen LogP contribution in [-0.2, 0) is 0 Å². The Morgan fingerprint density at radius 1 is 1.54 bits per heavy atom. The molecule has 5 nitrogen and oxygen atoms in total. The van der Waals surface area contributed by atoms with E-state index in [0.29, 0.717) is 11.1 Å². The first-order chi connectivity index (χ1) is 6.29. The lowest BCUT2D eigenvalue weighted by molar-refractivity contribution is 0.612. The molecule has 0 aliphatic carbocycles. The van der Waals surface area contributed by atoms with Crippen molar-refractivity contribution < 1.29 is 4.42 Å². The van der Waals surface area contributed by atoms with Crippen molar-refractivity contribution in [2.45, 2.75) is 6.92 Å². The average Bonchev–Trinajstić information content (AvgIpc) is 2.46. The van der Waals surface area contributed by atoms with Crippen molar-refractivity contribution in [3.05, 3.63) is 34.2 Å². The quantitative estimate of drug-likeness (QED) is 0.378. The monoisotopic (exact) mass is 174 g/mol. The molecule has 0 spiro atoms. The molecule has 0 saturated carbocycles. The van der Waals surface area contributed by atoms with E-state index in [0.717, 1.165) is 5.56 Å². The molecule has 2 rings (SSSR count).